The molecule has 0 spiro atoms. The molecule has 0 saturated heterocycles. The van der Waals surface area contributed by atoms with E-state index in [9.17, 15) is 18.0 Å². The van der Waals surface area contributed by atoms with Gasteiger partial charge in [-0.3, -0.25) is 13.9 Å². The van der Waals surface area contributed by atoms with Crippen LogP contribution in [0.5, 0.6) is 5.75 Å². The van der Waals surface area contributed by atoms with Crippen molar-refractivity contribution in [2.75, 3.05) is 22.8 Å². The van der Waals surface area contributed by atoms with Crippen molar-refractivity contribution in [3.63, 3.8) is 0 Å². The minimum Gasteiger partial charge on any atom is -0.484 e. The zero-order valence-electron chi connectivity index (χ0n) is 22.0. The summed E-state index contributed by atoms with van der Waals surface area (Å²) in [5.41, 5.74) is 4.88. The summed E-state index contributed by atoms with van der Waals surface area (Å²) in [6.07, 6.45) is 1.41. The minimum atomic E-state index is -4.06. The molecule has 9 nitrogen and oxygen atoms in total. The van der Waals surface area contributed by atoms with Gasteiger partial charge in [-0.1, -0.05) is 47.5 Å². The van der Waals surface area contributed by atoms with E-state index in [1.54, 1.807) is 60.7 Å². The lowest BCUT2D eigenvalue weighted by Crippen LogP contribution is -2.39. The van der Waals surface area contributed by atoms with Gasteiger partial charge in [-0.2, -0.15) is 5.10 Å². The number of carbonyl (C=O) groups is 2. The lowest BCUT2D eigenvalue weighted by Gasteiger charge is -2.23. The predicted molar refractivity (Wildman–Crippen MR) is 160 cm³/mol. The number of para-hydroxylation sites is 1. The lowest BCUT2D eigenvalue weighted by molar-refractivity contribution is -0.119. The normalized spacial score (nSPS) is 11.2. The van der Waals surface area contributed by atoms with Gasteiger partial charge in [0.2, 0.25) is 0 Å². The Kier molecular flexibility index (Phi) is 9.73. The highest BCUT2D eigenvalue weighted by atomic mass is 35.5. The molecule has 41 heavy (non-hydrogen) atoms. The van der Waals surface area contributed by atoms with Crippen molar-refractivity contribution in [2.24, 2.45) is 5.10 Å². The third-order valence-corrected chi connectivity index (χ3v) is 7.76. The van der Waals surface area contributed by atoms with Crippen molar-refractivity contribution in [3.05, 3.63) is 119 Å². The van der Waals surface area contributed by atoms with Crippen molar-refractivity contribution in [1.29, 1.82) is 0 Å². The van der Waals surface area contributed by atoms with E-state index in [0.717, 1.165) is 9.87 Å². The second-order valence-electron chi connectivity index (χ2n) is 8.87. The van der Waals surface area contributed by atoms with Crippen LogP contribution in [0, 0.1) is 6.92 Å². The second-order valence-corrected chi connectivity index (χ2v) is 11.2. The standard InChI is InChI=1S/C30H27ClN4O5S/c1-22-7-17-28(18-8-22)41(38,39)35(26-13-11-24(31)12-14-26)20-29(36)34-32-19-23-9-15-27(16-10-23)40-21-30(37)33-25-5-3-2-4-6-25/h2-19H,20-21H2,1H3,(H,33,37)(H,34,36)/b32-19-. The van der Waals surface area contributed by atoms with Gasteiger partial charge in [-0.25, -0.2) is 13.8 Å². The summed E-state index contributed by atoms with van der Waals surface area (Å²) >= 11 is 5.98. The van der Waals surface area contributed by atoms with Crippen LogP contribution in [-0.2, 0) is 19.6 Å². The number of aryl methyl sites for hydroxylation is 1. The molecule has 2 N–H and O–H groups in total. The van der Waals surface area contributed by atoms with Gasteiger partial charge >= 0.3 is 0 Å². The van der Waals surface area contributed by atoms with Crippen LogP contribution in [0.2, 0.25) is 5.02 Å². The van der Waals surface area contributed by atoms with E-state index in [4.69, 9.17) is 16.3 Å². The molecular formula is C30H27ClN4O5S. The molecule has 0 fully saturated rings. The Morgan fingerprint density at radius 3 is 2.20 bits per heavy atom. The van der Waals surface area contributed by atoms with Gasteiger partial charge in [0.25, 0.3) is 21.8 Å². The highest BCUT2D eigenvalue weighted by Crippen LogP contribution is 2.25. The number of hydrogen-bond acceptors (Lipinski definition) is 6. The predicted octanol–water partition coefficient (Wildman–Crippen LogP) is 5.01. The molecule has 0 aliphatic rings. The zero-order chi connectivity index (χ0) is 29.2. The summed E-state index contributed by atoms with van der Waals surface area (Å²) in [7, 11) is -4.06. The van der Waals surface area contributed by atoms with Crippen molar-refractivity contribution >= 4 is 51.0 Å². The third kappa shape index (κ3) is 8.41. The third-order valence-electron chi connectivity index (χ3n) is 5.72. The number of rotatable bonds is 11. The average molecular weight is 591 g/mol. The lowest BCUT2D eigenvalue weighted by atomic mass is 10.2. The van der Waals surface area contributed by atoms with E-state index in [1.807, 2.05) is 25.1 Å². The molecule has 4 rings (SSSR count). The molecule has 210 valence electrons. The fourth-order valence-corrected chi connectivity index (χ4v) is 5.17. The van der Waals surface area contributed by atoms with Gasteiger partial charge in [0.05, 0.1) is 16.8 Å². The molecule has 0 radical (unpaired) electrons. The smallest absolute Gasteiger partial charge is 0.264 e. The summed E-state index contributed by atoms with van der Waals surface area (Å²) in [6, 6.07) is 28.3. The number of amides is 2. The first-order valence-electron chi connectivity index (χ1n) is 12.5. The minimum absolute atomic E-state index is 0.0502. The molecule has 11 heteroatoms. The van der Waals surface area contributed by atoms with E-state index in [1.165, 1.54) is 30.5 Å². The molecule has 4 aromatic rings. The van der Waals surface area contributed by atoms with Gasteiger partial charge in [0.15, 0.2) is 6.61 Å². The summed E-state index contributed by atoms with van der Waals surface area (Å²) in [5.74, 6) is -0.452. The van der Waals surface area contributed by atoms with Crippen LogP contribution < -0.4 is 19.8 Å². The number of benzene rings is 4. The van der Waals surface area contributed by atoms with Crippen LogP contribution in [0.25, 0.3) is 0 Å². The van der Waals surface area contributed by atoms with Crippen LogP contribution in [0.15, 0.2) is 113 Å². The van der Waals surface area contributed by atoms with E-state index >= 15 is 0 Å². The highest BCUT2D eigenvalue weighted by Gasteiger charge is 2.27. The fourth-order valence-electron chi connectivity index (χ4n) is 3.62. The van der Waals surface area contributed by atoms with E-state index < -0.39 is 22.5 Å². The van der Waals surface area contributed by atoms with Gasteiger partial charge in [-0.15, -0.1) is 0 Å². The summed E-state index contributed by atoms with van der Waals surface area (Å²) in [6.45, 7) is 1.19. The number of halogens is 1. The molecule has 0 aliphatic heterocycles. The molecular weight excluding hydrogens is 564 g/mol. The molecule has 0 aromatic heterocycles. The molecule has 4 aromatic carbocycles. The van der Waals surface area contributed by atoms with Crippen LogP contribution in [-0.4, -0.2) is 39.6 Å². The molecule has 0 saturated carbocycles. The molecule has 0 heterocycles. The molecule has 0 atom stereocenters. The summed E-state index contributed by atoms with van der Waals surface area (Å²) in [5, 5.41) is 7.12. The topological polar surface area (TPSA) is 117 Å². The maximum atomic E-state index is 13.4. The molecule has 0 unspecified atom stereocenters. The average Bonchev–Trinajstić information content (AvgIpc) is 2.97. The molecule has 0 bridgehead atoms. The summed E-state index contributed by atoms with van der Waals surface area (Å²) in [4.78, 5) is 24.8. The van der Waals surface area contributed by atoms with Crippen LogP contribution in [0.4, 0.5) is 11.4 Å². The number of hydrazone groups is 1. The maximum Gasteiger partial charge on any atom is 0.264 e. The Hall–Kier alpha value is -4.67. The van der Waals surface area contributed by atoms with Crippen molar-refractivity contribution in [2.45, 2.75) is 11.8 Å². The van der Waals surface area contributed by atoms with Gasteiger partial charge in [0.1, 0.15) is 12.3 Å². The van der Waals surface area contributed by atoms with E-state index in [-0.39, 0.29) is 23.1 Å². The number of nitrogens with one attached hydrogen (secondary N) is 2. The maximum absolute atomic E-state index is 13.4. The van der Waals surface area contributed by atoms with Crippen molar-refractivity contribution in [1.82, 2.24) is 5.43 Å². The molecule has 2 amide bonds. The second kappa shape index (κ2) is 13.6. The Labute approximate surface area is 243 Å². The first-order valence-corrected chi connectivity index (χ1v) is 14.3. The first kappa shape index (κ1) is 29.3. The number of carbonyl (C=O) groups excluding carboxylic acids is 2. The number of anilines is 2. The Morgan fingerprint density at radius 1 is 0.878 bits per heavy atom. The SMILES string of the molecule is Cc1ccc(S(=O)(=O)N(CC(=O)N/N=C\c2ccc(OCC(=O)Nc3ccccc3)cc2)c2ccc(Cl)cc2)cc1. The molecule has 0 aliphatic carbocycles. The quantitative estimate of drug-likeness (QED) is 0.188. The number of nitrogens with zero attached hydrogens (tertiary/aromatic N) is 2. The van der Waals surface area contributed by atoms with Gasteiger partial charge in [-0.05, 0) is 85.3 Å². The van der Waals surface area contributed by atoms with Crippen LogP contribution in [0.3, 0.4) is 0 Å². The van der Waals surface area contributed by atoms with Crippen molar-refractivity contribution < 1.29 is 22.7 Å². The monoisotopic (exact) mass is 590 g/mol. The Morgan fingerprint density at radius 2 is 1.54 bits per heavy atom. The van der Waals surface area contributed by atoms with Gasteiger partial charge < -0.3 is 10.1 Å². The Balaban J connectivity index is 1.35. The zero-order valence-corrected chi connectivity index (χ0v) is 23.6. The number of ether oxygens (including phenoxy) is 1. The van der Waals surface area contributed by atoms with E-state index in [0.29, 0.717) is 22.0 Å². The largest absolute Gasteiger partial charge is 0.484 e. The van der Waals surface area contributed by atoms with Gasteiger partial charge in [0, 0.05) is 10.7 Å². The van der Waals surface area contributed by atoms with Crippen LogP contribution in [0.1, 0.15) is 11.1 Å². The first-order chi connectivity index (χ1) is 19.7. The fraction of sp³-hybridized carbons (Fsp3) is 0.100. The van der Waals surface area contributed by atoms with Crippen LogP contribution >= 0.6 is 11.6 Å². The van der Waals surface area contributed by atoms with E-state index in [2.05, 4.69) is 15.8 Å². The number of hydrogen-bond donors (Lipinski definition) is 2. The number of sulfonamides is 1. The van der Waals surface area contributed by atoms with Crippen molar-refractivity contribution in [3.8, 4) is 5.75 Å². The highest BCUT2D eigenvalue weighted by molar-refractivity contribution is 7.92. The summed E-state index contributed by atoms with van der Waals surface area (Å²) < 4.78 is 33.3. The Bertz CT molecular complexity index is 1610.